The van der Waals surface area contributed by atoms with E-state index in [9.17, 15) is 14.4 Å². The van der Waals surface area contributed by atoms with Crippen molar-refractivity contribution in [1.82, 2.24) is 16.0 Å². The smallest absolute Gasteiger partial charge is 0.337 e. The molecular formula is C27H33ClN4O4. The van der Waals surface area contributed by atoms with Crippen LogP contribution in [0.1, 0.15) is 60.0 Å². The second-order valence-corrected chi connectivity index (χ2v) is 9.51. The number of ether oxygens (including phenoxy) is 1. The van der Waals surface area contributed by atoms with Crippen molar-refractivity contribution in [3.63, 3.8) is 0 Å². The van der Waals surface area contributed by atoms with Crippen molar-refractivity contribution in [2.45, 2.75) is 57.5 Å². The third-order valence-electron chi connectivity index (χ3n) is 6.29. The Balaban J connectivity index is 1.59. The summed E-state index contributed by atoms with van der Waals surface area (Å²) in [6.45, 7) is 0.225. The molecule has 36 heavy (non-hydrogen) atoms. The monoisotopic (exact) mass is 512 g/mol. The van der Waals surface area contributed by atoms with Crippen LogP contribution in [0.25, 0.3) is 0 Å². The van der Waals surface area contributed by atoms with Crippen molar-refractivity contribution in [2.75, 3.05) is 7.11 Å². The molecule has 1 fully saturated rings. The van der Waals surface area contributed by atoms with Crippen molar-refractivity contribution in [2.24, 2.45) is 5.92 Å². The Bertz CT molecular complexity index is 1070. The topological polar surface area (TPSA) is 120 Å². The maximum absolute atomic E-state index is 13.1. The molecule has 3 rings (SSSR count). The van der Waals surface area contributed by atoms with Crippen LogP contribution in [0.4, 0.5) is 0 Å². The van der Waals surface area contributed by atoms with E-state index in [-0.39, 0.29) is 30.7 Å². The molecule has 1 aliphatic rings. The van der Waals surface area contributed by atoms with Gasteiger partial charge < -0.3 is 15.4 Å². The third-order valence-corrected chi connectivity index (χ3v) is 6.54. The molecule has 0 unspecified atom stereocenters. The van der Waals surface area contributed by atoms with Crippen LogP contribution >= 0.6 is 11.6 Å². The highest BCUT2D eigenvalue weighted by molar-refractivity contribution is 6.30. The van der Waals surface area contributed by atoms with Gasteiger partial charge in [0.25, 0.3) is 0 Å². The molecule has 0 spiro atoms. The van der Waals surface area contributed by atoms with Gasteiger partial charge in [-0.15, -0.1) is 0 Å². The number of rotatable bonds is 9. The number of halogens is 1. The zero-order valence-corrected chi connectivity index (χ0v) is 21.2. The summed E-state index contributed by atoms with van der Waals surface area (Å²) in [6.07, 6.45) is 6.23. The predicted octanol–water partition coefficient (Wildman–Crippen LogP) is 3.97. The van der Waals surface area contributed by atoms with Crippen molar-refractivity contribution >= 4 is 35.3 Å². The lowest BCUT2D eigenvalue weighted by Crippen LogP contribution is -2.52. The van der Waals surface area contributed by atoms with Crippen LogP contribution in [0.5, 0.6) is 0 Å². The number of carbonyl (C=O) groups excluding carboxylic acids is 3. The average Bonchev–Trinajstić information content (AvgIpc) is 2.88. The standard InChI is InChI=1S/C27H33ClN4O4/c1-36-26(35)21-9-5-8-20(14-21)17-30-25(34)23(15-18-6-3-2-4-7-18)31-27(29)32-24(33)16-19-10-12-22(28)13-11-19/h5,8-14,18,23H,2-4,6-7,15-17H2,1H3,(H,30,34)(H3,29,31,32,33)/t23-/m1/s1. The first-order chi connectivity index (χ1) is 17.3. The molecule has 0 aromatic heterocycles. The molecule has 2 aromatic carbocycles. The number of guanidine groups is 1. The zero-order chi connectivity index (χ0) is 25.9. The Labute approximate surface area is 216 Å². The van der Waals surface area contributed by atoms with Crippen LogP contribution in [0, 0.1) is 11.3 Å². The van der Waals surface area contributed by atoms with Gasteiger partial charge in [0.1, 0.15) is 6.04 Å². The van der Waals surface area contributed by atoms with Gasteiger partial charge in [-0.05, 0) is 47.7 Å². The van der Waals surface area contributed by atoms with Crippen molar-refractivity contribution in [3.8, 4) is 0 Å². The Kier molecular flexibility index (Phi) is 10.3. The Hall–Kier alpha value is -3.39. The molecule has 0 bridgehead atoms. The number of hydrogen-bond donors (Lipinski definition) is 4. The van der Waals surface area contributed by atoms with Gasteiger partial charge in [-0.3, -0.25) is 20.3 Å². The molecule has 1 saturated carbocycles. The number of amides is 2. The first-order valence-corrected chi connectivity index (χ1v) is 12.6. The summed E-state index contributed by atoms with van der Waals surface area (Å²) in [5.74, 6) is -0.894. The number of benzene rings is 2. The fourth-order valence-electron chi connectivity index (χ4n) is 4.41. The largest absolute Gasteiger partial charge is 0.465 e. The zero-order valence-electron chi connectivity index (χ0n) is 20.4. The Morgan fingerprint density at radius 2 is 1.78 bits per heavy atom. The highest BCUT2D eigenvalue weighted by Gasteiger charge is 2.25. The van der Waals surface area contributed by atoms with E-state index >= 15 is 0 Å². The summed E-state index contributed by atoms with van der Waals surface area (Å²) in [7, 11) is 1.32. The van der Waals surface area contributed by atoms with E-state index < -0.39 is 12.0 Å². The fraction of sp³-hybridized carbons (Fsp3) is 0.407. The molecule has 4 N–H and O–H groups in total. The number of carbonyl (C=O) groups is 3. The highest BCUT2D eigenvalue weighted by Crippen LogP contribution is 2.27. The van der Waals surface area contributed by atoms with Gasteiger partial charge in [0, 0.05) is 11.6 Å². The maximum atomic E-state index is 13.1. The van der Waals surface area contributed by atoms with Gasteiger partial charge in [0.05, 0.1) is 19.1 Å². The summed E-state index contributed by atoms with van der Waals surface area (Å²) in [4.78, 5) is 37.3. The summed E-state index contributed by atoms with van der Waals surface area (Å²) in [5.41, 5.74) is 1.94. The Morgan fingerprint density at radius 1 is 1.06 bits per heavy atom. The average molecular weight is 513 g/mol. The van der Waals surface area contributed by atoms with Crippen molar-refractivity contribution in [3.05, 3.63) is 70.2 Å². The lowest BCUT2D eigenvalue weighted by Gasteiger charge is -2.27. The maximum Gasteiger partial charge on any atom is 0.337 e. The summed E-state index contributed by atoms with van der Waals surface area (Å²) in [5, 5.41) is 17.2. The normalized spacial score (nSPS) is 14.4. The lowest BCUT2D eigenvalue weighted by atomic mass is 9.84. The number of esters is 1. The summed E-state index contributed by atoms with van der Waals surface area (Å²) < 4.78 is 4.76. The van der Waals surface area contributed by atoms with Gasteiger partial charge in [-0.2, -0.15) is 0 Å². The molecular weight excluding hydrogens is 480 g/mol. The molecule has 0 radical (unpaired) electrons. The van der Waals surface area contributed by atoms with Crippen LogP contribution in [0.15, 0.2) is 48.5 Å². The quantitative estimate of drug-likeness (QED) is 0.230. The van der Waals surface area contributed by atoms with Gasteiger partial charge in [0.2, 0.25) is 11.8 Å². The molecule has 9 heteroatoms. The molecule has 2 amide bonds. The van der Waals surface area contributed by atoms with Gasteiger partial charge in [0.15, 0.2) is 5.96 Å². The van der Waals surface area contributed by atoms with Gasteiger partial charge in [-0.1, -0.05) is 68.0 Å². The van der Waals surface area contributed by atoms with Crippen LogP contribution in [0.3, 0.4) is 0 Å². The first-order valence-electron chi connectivity index (χ1n) is 12.2. The van der Waals surface area contributed by atoms with E-state index in [1.54, 1.807) is 42.5 Å². The van der Waals surface area contributed by atoms with E-state index in [0.717, 1.165) is 36.8 Å². The molecule has 1 atom stereocenters. The minimum absolute atomic E-state index is 0.0945. The molecule has 0 heterocycles. The number of hydrogen-bond acceptors (Lipinski definition) is 5. The van der Waals surface area contributed by atoms with E-state index in [4.69, 9.17) is 21.7 Å². The minimum atomic E-state index is -0.666. The third kappa shape index (κ3) is 8.68. The van der Waals surface area contributed by atoms with Crippen molar-refractivity contribution < 1.29 is 19.1 Å². The molecule has 1 aliphatic carbocycles. The molecule has 0 aliphatic heterocycles. The molecule has 192 valence electrons. The van der Waals surface area contributed by atoms with Crippen LogP contribution in [-0.2, 0) is 27.3 Å². The second-order valence-electron chi connectivity index (χ2n) is 9.07. The van der Waals surface area contributed by atoms with E-state index in [2.05, 4.69) is 16.0 Å². The highest BCUT2D eigenvalue weighted by atomic mass is 35.5. The SMILES string of the molecule is COC(=O)c1cccc(CNC(=O)[C@@H](CC2CCCCC2)NC(=N)NC(=O)Cc2ccc(Cl)cc2)c1. The van der Waals surface area contributed by atoms with Crippen LogP contribution < -0.4 is 16.0 Å². The van der Waals surface area contributed by atoms with E-state index in [1.807, 2.05) is 6.07 Å². The number of nitrogens with one attached hydrogen (secondary N) is 4. The number of methoxy groups -OCH3 is 1. The fourth-order valence-corrected chi connectivity index (χ4v) is 4.53. The summed E-state index contributed by atoms with van der Waals surface area (Å²) in [6, 6.07) is 13.1. The van der Waals surface area contributed by atoms with Crippen LogP contribution in [0.2, 0.25) is 5.02 Å². The van der Waals surface area contributed by atoms with Crippen molar-refractivity contribution in [1.29, 1.82) is 5.41 Å². The van der Waals surface area contributed by atoms with E-state index in [0.29, 0.717) is 22.9 Å². The first kappa shape index (κ1) is 27.2. The minimum Gasteiger partial charge on any atom is -0.465 e. The van der Waals surface area contributed by atoms with Gasteiger partial charge in [-0.25, -0.2) is 4.79 Å². The molecule has 2 aromatic rings. The lowest BCUT2D eigenvalue weighted by molar-refractivity contribution is -0.123. The second kappa shape index (κ2) is 13.6. The Morgan fingerprint density at radius 3 is 2.47 bits per heavy atom. The summed E-state index contributed by atoms with van der Waals surface area (Å²) >= 11 is 5.89. The van der Waals surface area contributed by atoms with E-state index in [1.165, 1.54) is 13.5 Å². The van der Waals surface area contributed by atoms with Gasteiger partial charge >= 0.3 is 5.97 Å². The predicted molar refractivity (Wildman–Crippen MR) is 139 cm³/mol. The molecule has 0 saturated heterocycles. The molecule has 8 nitrogen and oxygen atoms in total. The van der Waals surface area contributed by atoms with Crippen LogP contribution in [-0.4, -0.2) is 36.9 Å².